The lowest BCUT2D eigenvalue weighted by atomic mass is 9.69. The Morgan fingerprint density at radius 1 is 0.773 bits per heavy atom. The topological polar surface area (TPSA) is 0 Å². The fraction of sp³-hybridized carbons (Fsp3) is 1.00. The van der Waals surface area contributed by atoms with Crippen LogP contribution in [0.3, 0.4) is 0 Å². The summed E-state index contributed by atoms with van der Waals surface area (Å²) in [6.07, 6.45) is 12.2. The summed E-state index contributed by atoms with van der Waals surface area (Å²) in [7, 11) is 0. The van der Waals surface area contributed by atoms with E-state index in [0.29, 0.717) is 5.92 Å². The lowest BCUT2D eigenvalue weighted by Crippen LogP contribution is -2.30. The van der Waals surface area contributed by atoms with Crippen LogP contribution in [0, 0.1) is 29.6 Å². The monoisotopic (exact) mass is 344 g/mol. The summed E-state index contributed by atoms with van der Waals surface area (Å²) in [5, 5.41) is 0. The highest BCUT2D eigenvalue weighted by Gasteiger charge is 2.34. The van der Waals surface area contributed by atoms with Crippen LogP contribution in [0.2, 0.25) is 0 Å². The first-order chi connectivity index (χ1) is 10.8. The van der Waals surface area contributed by atoms with Crippen molar-refractivity contribution in [2.45, 2.75) is 69.3 Å². The number of alkyl halides is 1. The van der Waals surface area contributed by atoms with Crippen LogP contribution >= 0.6 is 23.5 Å². The van der Waals surface area contributed by atoms with Gasteiger partial charge >= 0.3 is 0 Å². The van der Waals surface area contributed by atoms with E-state index in [4.69, 9.17) is 0 Å². The Hall–Kier alpha value is 0.630. The standard InChI is InChI=1S/C19H33FS2/c1-14-12-21-19(22-13-14)18-8-6-17(7-9-18)16-4-2-15(3-5-16)10-11-20/h14-19H,2-13H2,1H3. The Morgan fingerprint density at radius 2 is 1.27 bits per heavy atom. The lowest BCUT2D eigenvalue weighted by Gasteiger charge is -2.40. The van der Waals surface area contributed by atoms with Gasteiger partial charge in [-0.1, -0.05) is 19.8 Å². The van der Waals surface area contributed by atoms with Gasteiger partial charge in [-0.15, -0.1) is 23.5 Å². The molecule has 3 aliphatic rings. The predicted molar refractivity (Wildman–Crippen MR) is 99.4 cm³/mol. The molecule has 2 saturated carbocycles. The van der Waals surface area contributed by atoms with Gasteiger partial charge < -0.3 is 0 Å². The van der Waals surface area contributed by atoms with Crippen LogP contribution in [0.15, 0.2) is 0 Å². The summed E-state index contributed by atoms with van der Waals surface area (Å²) in [5.41, 5.74) is 0. The number of thioether (sulfide) groups is 2. The molecule has 0 radical (unpaired) electrons. The molecule has 22 heavy (non-hydrogen) atoms. The maximum absolute atomic E-state index is 12.5. The molecule has 0 N–H and O–H groups in total. The summed E-state index contributed by atoms with van der Waals surface area (Å²) in [5.74, 6) is 7.36. The van der Waals surface area contributed by atoms with E-state index in [2.05, 4.69) is 30.4 Å². The Labute approximate surface area is 145 Å². The molecular weight excluding hydrogens is 311 g/mol. The molecule has 3 rings (SSSR count). The SMILES string of the molecule is CC1CSC(C2CCC(C3CCC(CCF)CC3)CC2)SC1. The van der Waals surface area contributed by atoms with Gasteiger partial charge in [-0.2, -0.15) is 0 Å². The van der Waals surface area contributed by atoms with Crippen molar-refractivity contribution < 1.29 is 4.39 Å². The van der Waals surface area contributed by atoms with Crippen molar-refractivity contribution in [1.29, 1.82) is 0 Å². The molecule has 0 atom stereocenters. The van der Waals surface area contributed by atoms with Crippen molar-refractivity contribution in [2.24, 2.45) is 29.6 Å². The van der Waals surface area contributed by atoms with Gasteiger partial charge in [0, 0.05) is 0 Å². The van der Waals surface area contributed by atoms with E-state index in [1.54, 1.807) is 0 Å². The first-order valence-corrected chi connectivity index (χ1v) is 11.6. The molecule has 3 fully saturated rings. The predicted octanol–water partition coefficient (Wildman–Crippen LogP) is 6.40. The van der Waals surface area contributed by atoms with Crippen molar-refractivity contribution >= 4 is 23.5 Å². The molecule has 0 spiro atoms. The summed E-state index contributed by atoms with van der Waals surface area (Å²) in [4.78, 5) is 0. The van der Waals surface area contributed by atoms with Gasteiger partial charge in [0.05, 0.1) is 11.3 Å². The summed E-state index contributed by atoms with van der Waals surface area (Å²) in [6.45, 7) is 2.29. The third-order valence-corrected chi connectivity index (χ3v) is 10.1. The highest BCUT2D eigenvalue weighted by molar-refractivity contribution is 8.17. The molecule has 1 heterocycles. The van der Waals surface area contributed by atoms with Crippen LogP contribution in [0.25, 0.3) is 0 Å². The van der Waals surface area contributed by atoms with E-state index in [-0.39, 0.29) is 6.67 Å². The Bertz CT molecular complexity index is 311. The minimum absolute atomic E-state index is 0.101. The maximum Gasteiger partial charge on any atom is 0.0897 e. The third-order valence-electron chi connectivity index (χ3n) is 6.37. The van der Waals surface area contributed by atoms with Crippen molar-refractivity contribution in [1.82, 2.24) is 0 Å². The van der Waals surface area contributed by atoms with Crippen LogP contribution < -0.4 is 0 Å². The minimum atomic E-state index is -0.101. The van der Waals surface area contributed by atoms with Gasteiger partial charge in [0.25, 0.3) is 0 Å². The van der Waals surface area contributed by atoms with Crippen LogP contribution in [-0.2, 0) is 0 Å². The fourth-order valence-electron chi connectivity index (χ4n) is 4.88. The molecule has 3 heteroatoms. The van der Waals surface area contributed by atoms with Crippen LogP contribution in [0.4, 0.5) is 4.39 Å². The second-order valence-corrected chi connectivity index (χ2v) is 10.7. The van der Waals surface area contributed by atoms with Gasteiger partial charge in [-0.25, -0.2) is 0 Å². The molecule has 0 aromatic carbocycles. The highest BCUT2D eigenvalue weighted by atomic mass is 32.2. The zero-order valence-corrected chi connectivity index (χ0v) is 15.8. The molecule has 0 nitrogen and oxygen atoms in total. The Balaban J connectivity index is 1.39. The molecule has 2 aliphatic carbocycles. The van der Waals surface area contributed by atoms with E-state index in [0.717, 1.165) is 34.7 Å². The van der Waals surface area contributed by atoms with E-state index < -0.39 is 0 Å². The van der Waals surface area contributed by atoms with Crippen molar-refractivity contribution in [2.75, 3.05) is 18.2 Å². The van der Waals surface area contributed by atoms with Gasteiger partial charge in [0.1, 0.15) is 0 Å². The molecular formula is C19H33FS2. The van der Waals surface area contributed by atoms with Gasteiger partial charge in [-0.05, 0) is 86.0 Å². The number of hydrogen-bond acceptors (Lipinski definition) is 2. The summed E-state index contributed by atoms with van der Waals surface area (Å²) >= 11 is 4.50. The first-order valence-electron chi connectivity index (χ1n) is 9.55. The molecule has 128 valence electrons. The van der Waals surface area contributed by atoms with Crippen molar-refractivity contribution in [3.05, 3.63) is 0 Å². The van der Waals surface area contributed by atoms with Crippen LogP contribution in [-0.4, -0.2) is 22.8 Å². The third kappa shape index (κ3) is 4.59. The zero-order valence-electron chi connectivity index (χ0n) is 14.1. The van der Waals surface area contributed by atoms with Gasteiger partial charge in [-0.3, -0.25) is 4.39 Å². The molecule has 0 bridgehead atoms. The summed E-state index contributed by atoms with van der Waals surface area (Å²) in [6, 6.07) is 0. The molecule has 1 saturated heterocycles. The lowest BCUT2D eigenvalue weighted by molar-refractivity contribution is 0.144. The number of rotatable bonds is 4. The van der Waals surface area contributed by atoms with Crippen LogP contribution in [0.5, 0.6) is 0 Å². The molecule has 0 amide bonds. The number of hydrogen-bond donors (Lipinski definition) is 0. The van der Waals surface area contributed by atoms with E-state index in [1.165, 1.54) is 62.9 Å². The van der Waals surface area contributed by atoms with Gasteiger partial charge in [0.2, 0.25) is 0 Å². The van der Waals surface area contributed by atoms with Crippen molar-refractivity contribution in [3.8, 4) is 0 Å². The normalized spacial score (nSPS) is 43.9. The first kappa shape index (κ1) is 17.5. The van der Waals surface area contributed by atoms with E-state index in [9.17, 15) is 4.39 Å². The smallest absolute Gasteiger partial charge is 0.0897 e. The average molecular weight is 345 g/mol. The van der Waals surface area contributed by atoms with E-state index in [1.807, 2.05) is 0 Å². The largest absolute Gasteiger partial charge is 0.251 e. The fourth-order valence-corrected chi connectivity index (χ4v) is 8.24. The molecule has 0 aromatic rings. The van der Waals surface area contributed by atoms with Crippen LogP contribution in [0.1, 0.15) is 64.7 Å². The minimum Gasteiger partial charge on any atom is -0.251 e. The second kappa shape index (κ2) is 8.65. The second-order valence-electron chi connectivity index (χ2n) is 8.07. The Kier molecular flexibility index (Phi) is 6.86. The van der Waals surface area contributed by atoms with Crippen molar-refractivity contribution in [3.63, 3.8) is 0 Å². The summed E-state index contributed by atoms with van der Waals surface area (Å²) < 4.78 is 13.4. The average Bonchev–Trinajstić information content (AvgIpc) is 2.57. The molecule has 0 unspecified atom stereocenters. The highest BCUT2D eigenvalue weighted by Crippen LogP contribution is 2.47. The quantitative estimate of drug-likeness (QED) is 0.578. The Morgan fingerprint density at radius 3 is 1.82 bits per heavy atom. The maximum atomic E-state index is 12.5. The molecule has 0 aromatic heterocycles. The van der Waals surface area contributed by atoms with Gasteiger partial charge in [0.15, 0.2) is 0 Å². The molecule has 1 aliphatic heterocycles. The number of halogens is 1. The zero-order chi connectivity index (χ0) is 15.4. The van der Waals surface area contributed by atoms with E-state index >= 15 is 0 Å².